The molecule has 11 heteroatoms. The molecular formula is C32H45ClN2O8. The van der Waals surface area contributed by atoms with Crippen LogP contribution in [0.2, 0.25) is 0 Å². The summed E-state index contributed by atoms with van der Waals surface area (Å²) in [5.74, 6) is -0.928. The summed E-state index contributed by atoms with van der Waals surface area (Å²) in [4.78, 5) is 34.0. The van der Waals surface area contributed by atoms with Crippen molar-refractivity contribution in [3.63, 3.8) is 0 Å². The summed E-state index contributed by atoms with van der Waals surface area (Å²) in [6, 6.07) is 15.2. The van der Waals surface area contributed by atoms with Gasteiger partial charge in [-0.2, -0.15) is 0 Å². The van der Waals surface area contributed by atoms with Gasteiger partial charge in [0, 0.05) is 12.8 Å². The van der Waals surface area contributed by atoms with E-state index in [4.69, 9.17) is 24.4 Å². The first-order valence-electron chi connectivity index (χ1n) is 14.6. The molecule has 0 unspecified atom stereocenters. The maximum atomic E-state index is 12.5. The van der Waals surface area contributed by atoms with Gasteiger partial charge in [-0.3, -0.25) is 0 Å². The Bertz CT molecular complexity index is 1100. The average Bonchev–Trinajstić information content (AvgIpc) is 2.91. The average molecular weight is 621 g/mol. The number of nitrogens with one attached hydrogen (secondary N) is 1. The van der Waals surface area contributed by atoms with E-state index in [0.29, 0.717) is 11.5 Å². The Balaban J connectivity index is 0.00000645. The summed E-state index contributed by atoms with van der Waals surface area (Å²) < 4.78 is 16.9. The van der Waals surface area contributed by atoms with Crippen LogP contribution in [0, 0.1) is 0 Å². The number of amides is 1. The number of nitrogens with zero attached hydrogens (tertiary/aromatic N) is 1. The molecule has 0 bridgehead atoms. The van der Waals surface area contributed by atoms with Gasteiger partial charge in [-0.25, -0.2) is 14.4 Å². The Labute approximate surface area is 260 Å². The number of rotatable bonds is 15. The summed E-state index contributed by atoms with van der Waals surface area (Å²) >= 11 is 0. The van der Waals surface area contributed by atoms with E-state index < -0.39 is 17.5 Å². The molecule has 0 aromatic heterocycles. The molecule has 1 atom stereocenters. The molecule has 3 rings (SSSR count). The van der Waals surface area contributed by atoms with Crippen LogP contribution in [-0.2, 0) is 27.2 Å². The first-order chi connectivity index (χ1) is 19.9. The Hall–Kier alpha value is -3.50. The van der Waals surface area contributed by atoms with Crippen molar-refractivity contribution in [1.29, 1.82) is 0 Å². The van der Waals surface area contributed by atoms with E-state index in [0.717, 1.165) is 69.2 Å². The number of halogens is 1. The first-order valence-corrected chi connectivity index (χ1v) is 14.6. The Morgan fingerprint density at radius 3 is 1.72 bits per heavy atom. The zero-order valence-corrected chi connectivity index (χ0v) is 26.1. The number of piperidine rings is 1. The highest BCUT2D eigenvalue weighted by atomic mass is 35.5. The first kappa shape index (κ1) is 35.7. The molecule has 1 heterocycles. The largest absolute Gasteiger partial charge is 1.00 e. The number of aryl methyl sites for hydroxylation is 2. The minimum Gasteiger partial charge on any atom is -1.00 e. The number of carboxylic acid groups (broad SMARTS) is 2. The van der Waals surface area contributed by atoms with Gasteiger partial charge in [0.05, 0.1) is 32.2 Å². The molecule has 238 valence electrons. The minimum atomic E-state index is -1.00. The fourth-order valence-electron chi connectivity index (χ4n) is 5.47. The highest BCUT2D eigenvalue weighted by Crippen LogP contribution is 2.24. The summed E-state index contributed by atoms with van der Waals surface area (Å²) in [5.41, 5.74) is 1.79. The van der Waals surface area contributed by atoms with E-state index in [1.807, 2.05) is 69.3 Å². The lowest BCUT2D eigenvalue weighted by Crippen LogP contribution is -3.00. The van der Waals surface area contributed by atoms with E-state index in [-0.39, 0.29) is 37.8 Å². The van der Waals surface area contributed by atoms with Crippen LogP contribution in [0.25, 0.3) is 0 Å². The van der Waals surface area contributed by atoms with Gasteiger partial charge in [0.1, 0.15) is 17.1 Å². The van der Waals surface area contributed by atoms with E-state index in [1.54, 1.807) is 0 Å². The predicted octanol–water partition coefficient (Wildman–Crippen LogP) is 1.69. The van der Waals surface area contributed by atoms with Crippen LogP contribution in [0.3, 0.4) is 0 Å². The van der Waals surface area contributed by atoms with Crippen LogP contribution in [0.15, 0.2) is 48.5 Å². The number of likely N-dealkylation sites (tertiary alicyclic amines) is 1. The molecule has 2 aromatic carbocycles. The quantitative estimate of drug-likeness (QED) is 0.257. The Kier molecular flexibility index (Phi) is 14.1. The maximum Gasteiger partial charge on any atom is 0.408 e. The number of alkyl carbamates (subject to hydrolysis) is 1. The van der Waals surface area contributed by atoms with Crippen molar-refractivity contribution in [2.24, 2.45) is 0 Å². The second-order valence-corrected chi connectivity index (χ2v) is 12.0. The Morgan fingerprint density at radius 2 is 1.30 bits per heavy atom. The zero-order chi connectivity index (χ0) is 30.6. The fraction of sp³-hybridized carbons (Fsp3) is 0.531. The number of quaternary nitrogens is 1. The molecule has 1 aliphatic rings. The summed E-state index contributed by atoms with van der Waals surface area (Å²) in [5, 5.41) is 20.7. The van der Waals surface area contributed by atoms with Gasteiger partial charge in [0.15, 0.2) is 13.2 Å². The number of benzene rings is 2. The molecule has 0 aliphatic carbocycles. The lowest BCUT2D eigenvalue weighted by molar-refractivity contribution is -0.933. The third-order valence-corrected chi connectivity index (χ3v) is 7.28. The third kappa shape index (κ3) is 13.6. The molecule has 3 N–H and O–H groups in total. The fourth-order valence-corrected chi connectivity index (χ4v) is 5.47. The van der Waals surface area contributed by atoms with E-state index >= 15 is 0 Å². The summed E-state index contributed by atoms with van der Waals surface area (Å²) in [6.07, 6.45) is 5.31. The lowest BCUT2D eigenvalue weighted by Gasteiger charge is -2.45. The molecule has 2 aromatic rings. The molecule has 1 amide bonds. The van der Waals surface area contributed by atoms with Crippen LogP contribution in [0.5, 0.6) is 11.5 Å². The van der Waals surface area contributed by atoms with Gasteiger partial charge < -0.3 is 46.6 Å². The number of carbonyl (C=O) groups is 3. The number of hydrogen-bond donors (Lipinski definition) is 3. The molecule has 0 saturated carbocycles. The van der Waals surface area contributed by atoms with Crippen molar-refractivity contribution in [2.45, 2.75) is 70.9 Å². The topological polar surface area (TPSA) is 131 Å². The van der Waals surface area contributed by atoms with Crippen molar-refractivity contribution in [3.05, 3.63) is 59.7 Å². The SMILES string of the molecule is CC(C)(C)OC(=O)N[C@H]1CCC[N+](CCCc2ccc(OCC(=O)O)cc2)(CCCc2ccc(OCC(=O)O)cc2)C1.[Cl-]. The van der Waals surface area contributed by atoms with Gasteiger partial charge in [0.25, 0.3) is 0 Å². The highest BCUT2D eigenvalue weighted by molar-refractivity contribution is 5.69. The van der Waals surface area contributed by atoms with Crippen molar-refractivity contribution in [3.8, 4) is 11.5 Å². The molecule has 10 nitrogen and oxygen atoms in total. The van der Waals surface area contributed by atoms with E-state index in [9.17, 15) is 14.4 Å². The minimum absolute atomic E-state index is 0. The number of carbonyl (C=O) groups excluding carboxylic acids is 1. The lowest BCUT2D eigenvalue weighted by atomic mass is 9.99. The summed E-state index contributed by atoms with van der Waals surface area (Å²) in [6.45, 7) is 8.73. The van der Waals surface area contributed by atoms with Gasteiger partial charge in [-0.15, -0.1) is 0 Å². The van der Waals surface area contributed by atoms with E-state index in [2.05, 4.69) is 5.32 Å². The van der Waals surface area contributed by atoms with Gasteiger partial charge in [-0.1, -0.05) is 24.3 Å². The van der Waals surface area contributed by atoms with Gasteiger partial charge in [0.2, 0.25) is 0 Å². The van der Waals surface area contributed by atoms with Crippen molar-refractivity contribution in [1.82, 2.24) is 5.32 Å². The van der Waals surface area contributed by atoms with Crippen LogP contribution in [-0.4, -0.2) is 83.8 Å². The van der Waals surface area contributed by atoms with Gasteiger partial charge >= 0.3 is 18.0 Å². The molecule has 43 heavy (non-hydrogen) atoms. The molecular weight excluding hydrogens is 576 g/mol. The second kappa shape index (κ2) is 17.0. The summed E-state index contributed by atoms with van der Waals surface area (Å²) in [7, 11) is 0. The normalized spacial score (nSPS) is 15.9. The van der Waals surface area contributed by atoms with Crippen molar-refractivity contribution in [2.75, 3.05) is 39.4 Å². The molecule has 1 saturated heterocycles. The predicted molar refractivity (Wildman–Crippen MR) is 158 cm³/mol. The standard InChI is InChI=1S/C32H44N2O8.ClH/c1-32(2,3)42-31(39)33-26-9-6-20-34(21-26,18-4-7-24-10-14-27(15-11-24)40-22-29(35)36)19-5-8-25-12-16-28(17-13-25)41-23-30(37)38;/h10-17,26H,4-9,18-23H2,1-3H3,(H2-,33,35,36,37,38,39);1H/t26-;/m0./s1. The van der Waals surface area contributed by atoms with Crippen LogP contribution in [0.1, 0.15) is 57.6 Å². The van der Waals surface area contributed by atoms with Crippen molar-refractivity contribution < 1.29 is 55.7 Å². The monoisotopic (exact) mass is 620 g/mol. The third-order valence-electron chi connectivity index (χ3n) is 7.28. The van der Waals surface area contributed by atoms with E-state index in [1.165, 1.54) is 11.1 Å². The Morgan fingerprint density at radius 1 is 0.837 bits per heavy atom. The molecule has 0 spiro atoms. The maximum absolute atomic E-state index is 12.5. The van der Waals surface area contributed by atoms with Gasteiger partial charge in [-0.05, 0) is 81.8 Å². The number of ether oxygens (including phenoxy) is 3. The number of hydrogen-bond acceptors (Lipinski definition) is 6. The highest BCUT2D eigenvalue weighted by Gasteiger charge is 2.35. The number of aliphatic carboxylic acids is 2. The molecule has 0 radical (unpaired) electrons. The van der Waals surface area contributed by atoms with Crippen LogP contribution >= 0.6 is 0 Å². The zero-order valence-electron chi connectivity index (χ0n) is 25.4. The second-order valence-electron chi connectivity index (χ2n) is 12.0. The van der Waals surface area contributed by atoms with Crippen molar-refractivity contribution >= 4 is 18.0 Å². The van der Waals surface area contributed by atoms with Crippen LogP contribution in [0.4, 0.5) is 4.79 Å². The molecule has 1 aliphatic heterocycles. The number of carboxylic acids is 2. The smallest absolute Gasteiger partial charge is 0.408 e. The van der Waals surface area contributed by atoms with Crippen LogP contribution < -0.4 is 27.2 Å². The molecule has 1 fully saturated rings.